The number of aliphatic hydroxyl groups excluding tert-OH is 1. The van der Waals surface area contributed by atoms with Gasteiger partial charge in [0.15, 0.2) is 6.61 Å². The molecule has 2 aromatic carbocycles. The fourth-order valence-electron chi connectivity index (χ4n) is 1.91. The highest BCUT2D eigenvalue weighted by Gasteiger charge is 2.04. The molecule has 0 aliphatic rings. The highest BCUT2D eigenvalue weighted by atomic mass is 16.5. The van der Waals surface area contributed by atoms with E-state index in [1.807, 2.05) is 24.3 Å². The minimum Gasteiger partial charge on any atom is -0.484 e. The van der Waals surface area contributed by atoms with Crippen molar-refractivity contribution in [1.29, 1.82) is 0 Å². The molecule has 4 heteroatoms. The number of amides is 1. The quantitative estimate of drug-likeness (QED) is 0.858. The molecule has 2 aromatic rings. The average molecular weight is 285 g/mol. The van der Waals surface area contributed by atoms with E-state index in [0.717, 1.165) is 12.0 Å². The summed E-state index contributed by atoms with van der Waals surface area (Å²) in [6.45, 7) is 1.99. The topological polar surface area (TPSA) is 58.6 Å². The maximum atomic E-state index is 11.8. The third-order valence-electron chi connectivity index (χ3n) is 3.09. The van der Waals surface area contributed by atoms with Crippen LogP contribution in [0.3, 0.4) is 0 Å². The predicted molar refractivity (Wildman–Crippen MR) is 82.3 cm³/mol. The van der Waals surface area contributed by atoms with Gasteiger partial charge >= 0.3 is 0 Å². The molecule has 0 saturated carbocycles. The molecule has 0 radical (unpaired) electrons. The first kappa shape index (κ1) is 15.1. The number of aliphatic hydroxyl groups is 1. The molecule has 0 aromatic heterocycles. The molecule has 0 aliphatic heterocycles. The minimum atomic E-state index is -0.232. The fourth-order valence-corrected chi connectivity index (χ4v) is 1.91. The normalized spacial score (nSPS) is 10.2. The standard InChI is InChI=1S/C17H19NO3/c1-2-13-6-8-16(9-7-13)21-12-17(20)18-15-5-3-4-14(10-15)11-19/h3-10,19H,2,11-12H2,1H3,(H,18,20). The molecule has 0 heterocycles. The number of hydrogen-bond acceptors (Lipinski definition) is 3. The van der Waals surface area contributed by atoms with Gasteiger partial charge in [-0.3, -0.25) is 4.79 Å². The van der Waals surface area contributed by atoms with Gasteiger partial charge in [0.25, 0.3) is 5.91 Å². The summed E-state index contributed by atoms with van der Waals surface area (Å²) < 4.78 is 5.43. The lowest BCUT2D eigenvalue weighted by atomic mass is 10.2. The van der Waals surface area contributed by atoms with Gasteiger partial charge in [-0.1, -0.05) is 31.2 Å². The maximum absolute atomic E-state index is 11.8. The van der Waals surface area contributed by atoms with E-state index in [0.29, 0.717) is 11.4 Å². The number of benzene rings is 2. The van der Waals surface area contributed by atoms with Crippen LogP contribution in [0.1, 0.15) is 18.1 Å². The first-order chi connectivity index (χ1) is 10.2. The number of hydrogen-bond donors (Lipinski definition) is 2. The largest absolute Gasteiger partial charge is 0.484 e. The Bertz CT molecular complexity index is 593. The zero-order chi connectivity index (χ0) is 15.1. The molecule has 0 unspecified atom stereocenters. The van der Waals surface area contributed by atoms with E-state index in [2.05, 4.69) is 12.2 Å². The van der Waals surface area contributed by atoms with Gasteiger partial charge in [-0.2, -0.15) is 0 Å². The number of nitrogens with one attached hydrogen (secondary N) is 1. The van der Waals surface area contributed by atoms with Crippen molar-refractivity contribution in [2.45, 2.75) is 20.0 Å². The molecule has 110 valence electrons. The second-order valence-corrected chi connectivity index (χ2v) is 4.69. The van der Waals surface area contributed by atoms with Gasteiger partial charge < -0.3 is 15.2 Å². The van der Waals surface area contributed by atoms with E-state index in [1.165, 1.54) is 5.56 Å². The average Bonchev–Trinajstić information content (AvgIpc) is 2.53. The molecule has 4 nitrogen and oxygen atoms in total. The molecule has 2 N–H and O–H groups in total. The lowest BCUT2D eigenvalue weighted by molar-refractivity contribution is -0.118. The van der Waals surface area contributed by atoms with Crippen molar-refractivity contribution in [1.82, 2.24) is 0 Å². The van der Waals surface area contributed by atoms with Crippen LogP contribution >= 0.6 is 0 Å². The van der Waals surface area contributed by atoms with Crippen LogP contribution in [0.4, 0.5) is 5.69 Å². The Balaban J connectivity index is 1.86. The molecule has 21 heavy (non-hydrogen) atoms. The van der Waals surface area contributed by atoms with Gasteiger partial charge in [-0.15, -0.1) is 0 Å². The molecular formula is C17H19NO3. The molecule has 0 saturated heterocycles. The van der Waals surface area contributed by atoms with E-state index in [4.69, 9.17) is 9.84 Å². The van der Waals surface area contributed by atoms with E-state index in [-0.39, 0.29) is 19.1 Å². The third-order valence-corrected chi connectivity index (χ3v) is 3.09. The summed E-state index contributed by atoms with van der Waals surface area (Å²) in [5.41, 5.74) is 2.63. The van der Waals surface area contributed by atoms with Crippen molar-refractivity contribution in [2.24, 2.45) is 0 Å². The fraction of sp³-hybridized carbons (Fsp3) is 0.235. The highest BCUT2D eigenvalue weighted by Crippen LogP contribution is 2.13. The van der Waals surface area contributed by atoms with Crippen molar-refractivity contribution in [2.75, 3.05) is 11.9 Å². The summed E-state index contributed by atoms with van der Waals surface area (Å²) in [7, 11) is 0. The van der Waals surface area contributed by atoms with Gasteiger partial charge in [0, 0.05) is 5.69 Å². The number of carbonyl (C=O) groups excluding carboxylic acids is 1. The van der Waals surface area contributed by atoms with Crippen LogP contribution in [-0.4, -0.2) is 17.6 Å². The summed E-state index contributed by atoms with van der Waals surface area (Å²) in [6, 6.07) is 14.8. The van der Waals surface area contributed by atoms with Crippen molar-refractivity contribution < 1.29 is 14.6 Å². The lowest BCUT2D eigenvalue weighted by Gasteiger charge is -2.08. The zero-order valence-corrected chi connectivity index (χ0v) is 12.0. The van der Waals surface area contributed by atoms with Crippen LogP contribution in [0.25, 0.3) is 0 Å². The van der Waals surface area contributed by atoms with Crippen LogP contribution in [0.5, 0.6) is 5.75 Å². The Hall–Kier alpha value is -2.33. The van der Waals surface area contributed by atoms with Crippen molar-refractivity contribution in [3.63, 3.8) is 0 Å². The zero-order valence-electron chi connectivity index (χ0n) is 12.0. The summed E-state index contributed by atoms with van der Waals surface area (Å²) in [4.78, 5) is 11.8. The number of rotatable bonds is 6. The molecule has 0 fully saturated rings. The van der Waals surface area contributed by atoms with Gasteiger partial charge in [0.2, 0.25) is 0 Å². The van der Waals surface area contributed by atoms with Crippen molar-refractivity contribution in [3.8, 4) is 5.75 Å². The molecule has 2 rings (SSSR count). The van der Waals surface area contributed by atoms with E-state index < -0.39 is 0 Å². The second kappa shape index (κ2) is 7.45. The van der Waals surface area contributed by atoms with Crippen LogP contribution in [0, 0.1) is 0 Å². The van der Waals surface area contributed by atoms with Gasteiger partial charge in [0.1, 0.15) is 5.75 Å². The first-order valence-electron chi connectivity index (χ1n) is 6.92. The van der Waals surface area contributed by atoms with Gasteiger partial charge in [-0.05, 0) is 41.8 Å². The van der Waals surface area contributed by atoms with Crippen molar-refractivity contribution >= 4 is 11.6 Å². The summed E-state index contributed by atoms with van der Waals surface area (Å²) in [5, 5.41) is 11.8. The van der Waals surface area contributed by atoms with Gasteiger partial charge in [0.05, 0.1) is 6.61 Å². The Morgan fingerprint density at radius 1 is 1.14 bits per heavy atom. The monoisotopic (exact) mass is 285 g/mol. The summed E-state index contributed by atoms with van der Waals surface area (Å²) in [5.74, 6) is 0.441. The molecular weight excluding hydrogens is 266 g/mol. The molecule has 0 bridgehead atoms. The molecule has 0 spiro atoms. The summed E-state index contributed by atoms with van der Waals surface area (Å²) in [6.07, 6.45) is 0.974. The lowest BCUT2D eigenvalue weighted by Crippen LogP contribution is -2.20. The molecule has 1 amide bonds. The second-order valence-electron chi connectivity index (χ2n) is 4.69. The van der Waals surface area contributed by atoms with Gasteiger partial charge in [-0.25, -0.2) is 0 Å². The Kier molecular flexibility index (Phi) is 5.35. The Labute approximate surface area is 124 Å². The smallest absolute Gasteiger partial charge is 0.262 e. The SMILES string of the molecule is CCc1ccc(OCC(=O)Nc2cccc(CO)c2)cc1. The first-order valence-corrected chi connectivity index (χ1v) is 6.92. The van der Waals surface area contributed by atoms with Crippen LogP contribution in [-0.2, 0) is 17.8 Å². The van der Waals surface area contributed by atoms with Crippen molar-refractivity contribution in [3.05, 3.63) is 59.7 Å². The van der Waals surface area contributed by atoms with E-state index >= 15 is 0 Å². The van der Waals surface area contributed by atoms with Crippen LogP contribution in [0.2, 0.25) is 0 Å². The molecule has 0 aliphatic carbocycles. The van der Waals surface area contributed by atoms with E-state index in [9.17, 15) is 4.79 Å². The number of carbonyl (C=O) groups is 1. The maximum Gasteiger partial charge on any atom is 0.262 e. The number of ether oxygens (including phenoxy) is 1. The predicted octanol–water partition coefficient (Wildman–Crippen LogP) is 2.76. The summed E-state index contributed by atoms with van der Waals surface area (Å²) >= 11 is 0. The third kappa shape index (κ3) is 4.61. The minimum absolute atomic E-state index is 0.0468. The highest BCUT2D eigenvalue weighted by molar-refractivity contribution is 5.91. The number of anilines is 1. The number of aryl methyl sites for hydroxylation is 1. The molecule has 0 atom stereocenters. The van der Waals surface area contributed by atoms with Crippen LogP contribution < -0.4 is 10.1 Å². The van der Waals surface area contributed by atoms with Crippen LogP contribution in [0.15, 0.2) is 48.5 Å². The van der Waals surface area contributed by atoms with E-state index in [1.54, 1.807) is 24.3 Å². The Morgan fingerprint density at radius 2 is 1.90 bits per heavy atom. The Morgan fingerprint density at radius 3 is 2.57 bits per heavy atom.